The van der Waals surface area contributed by atoms with Gasteiger partial charge in [-0.05, 0) is 25.7 Å². The summed E-state index contributed by atoms with van der Waals surface area (Å²) in [6.07, 6.45) is 5.33. The van der Waals surface area contributed by atoms with Crippen molar-refractivity contribution in [2.45, 2.75) is 37.8 Å². The molecular formula is C12H17NO4. The van der Waals surface area contributed by atoms with Gasteiger partial charge < -0.3 is 15.5 Å². The molecule has 17 heavy (non-hydrogen) atoms. The van der Waals surface area contributed by atoms with Crippen LogP contribution in [0.2, 0.25) is 0 Å². The molecular weight excluding hydrogens is 222 g/mol. The van der Waals surface area contributed by atoms with Crippen molar-refractivity contribution in [2.24, 2.45) is 11.8 Å². The van der Waals surface area contributed by atoms with E-state index in [1.54, 1.807) is 0 Å². The maximum Gasteiger partial charge on any atom is 0.306 e. The van der Waals surface area contributed by atoms with Crippen LogP contribution in [0.1, 0.15) is 25.7 Å². The van der Waals surface area contributed by atoms with Gasteiger partial charge in [0.25, 0.3) is 0 Å². The maximum absolute atomic E-state index is 11.7. The van der Waals surface area contributed by atoms with Gasteiger partial charge in [0.2, 0.25) is 5.91 Å². The van der Waals surface area contributed by atoms with Crippen LogP contribution in [0.3, 0.4) is 0 Å². The number of aliphatic hydroxyl groups is 1. The SMILES string of the molecule is O=C(N[C@H]1C=CC[C@H](C(=O)O)C1)C1CC(O)C1. The minimum atomic E-state index is -0.812. The average molecular weight is 239 g/mol. The predicted octanol–water partition coefficient (Wildman–Crippen LogP) is 0.293. The van der Waals surface area contributed by atoms with Crippen LogP contribution in [0.25, 0.3) is 0 Å². The largest absolute Gasteiger partial charge is 0.481 e. The summed E-state index contributed by atoms with van der Waals surface area (Å²) in [6.45, 7) is 0. The summed E-state index contributed by atoms with van der Waals surface area (Å²) in [7, 11) is 0. The Kier molecular flexibility index (Phi) is 3.47. The second kappa shape index (κ2) is 4.87. The molecule has 3 N–H and O–H groups in total. The number of carboxylic acids is 1. The highest BCUT2D eigenvalue weighted by Gasteiger charge is 2.34. The molecule has 2 aliphatic rings. The molecule has 2 rings (SSSR count). The number of nitrogens with one attached hydrogen (secondary N) is 1. The molecule has 1 amide bonds. The zero-order chi connectivity index (χ0) is 12.4. The van der Waals surface area contributed by atoms with Crippen molar-refractivity contribution in [3.63, 3.8) is 0 Å². The fourth-order valence-electron chi connectivity index (χ4n) is 2.30. The van der Waals surface area contributed by atoms with Gasteiger partial charge in [-0.3, -0.25) is 9.59 Å². The molecule has 0 spiro atoms. The van der Waals surface area contributed by atoms with Crippen LogP contribution >= 0.6 is 0 Å². The molecule has 0 unspecified atom stereocenters. The third-order valence-electron chi connectivity index (χ3n) is 3.49. The van der Waals surface area contributed by atoms with Crippen LogP contribution in [0.5, 0.6) is 0 Å². The fourth-order valence-corrected chi connectivity index (χ4v) is 2.30. The lowest BCUT2D eigenvalue weighted by atomic mass is 9.81. The second-order valence-electron chi connectivity index (χ2n) is 4.87. The lowest BCUT2D eigenvalue weighted by molar-refractivity contribution is -0.142. The predicted molar refractivity (Wildman–Crippen MR) is 60.2 cm³/mol. The molecule has 0 radical (unpaired) electrons. The first-order chi connectivity index (χ1) is 8.06. The quantitative estimate of drug-likeness (QED) is 0.618. The number of aliphatic hydroxyl groups excluding tert-OH is 1. The van der Waals surface area contributed by atoms with Crippen LogP contribution in [0, 0.1) is 11.8 Å². The normalized spacial score (nSPS) is 36.1. The molecule has 1 saturated carbocycles. The summed E-state index contributed by atoms with van der Waals surface area (Å²) < 4.78 is 0. The van der Waals surface area contributed by atoms with Crippen molar-refractivity contribution in [2.75, 3.05) is 0 Å². The number of rotatable bonds is 3. The highest BCUT2D eigenvalue weighted by molar-refractivity contribution is 5.80. The van der Waals surface area contributed by atoms with E-state index < -0.39 is 11.9 Å². The molecule has 0 bridgehead atoms. The number of allylic oxidation sites excluding steroid dienone is 1. The van der Waals surface area contributed by atoms with Gasteiger partial charge in [-0.2, -0.15) is 0 Å². The third kappa shape index (κ3) is 2.85. The zero-order valence-corrected chi connectivity index (χ0v) is 9.50. The Morgan fingerprint density at radius 3 is 2.47 bits per heavy atom. The summed E-state index contributed by atoms with van der Waals surface area (Å²) in [5.74, 6) is -1.40. The van der Waals surface area contributed by atoms with Gasteiger partial charge in [0.1, 0.15) is 0 Å². The van der Waals surface area contributed by atoms with E-state index in [1.165, 1.54) is 0 Å². The van der Waals surface area contributed by atoms with E-state index in [0.29, 0.717) is 25.7 Å². The van der Waals surface area contributed by atoms with Gasteiger partial charge in [0, 0.05) is 12.0 Å². The smallest absolute Gasteiger partial charge is 0.306 e. The van der Waals surface area contributed by atoms with E-state index in [-0.39, 0.29) is 24.0 Å². The number of carbonyl (C=O) groups is 2. The van der Waals surface area contributed by atoms with E-state index in [0.717, 1.165) is 0 Å². The average Bonchev–Trinajstić information content (AvgIpc) is 2.25. The topological polar surface area (TPSA) is 86.6 Å². The minimum absolute atomic E-state index is 0.0732. The zero-order valence-electron chi connectivity index (χ0n) is 9.50. The number of amides is 1. The van der Waals surface area contributed by atoms with Gasteiger partial charge in [-0.15, -0.1) is 0 Å². The van der Waals surface area contributed by atoms with E-state index >= 15 is 0 Å². The first kappa shape index (κ1) is 12.1. The molecule has 0 aliphatic heterocycles. The molecule has 5 nitrogen and oxygen atoms in total. The Morgan fingerprint density at radius 2 is 1.88 bits per heavy atom. The molecule has 94 valence electrons. The molecule has 0 saturated heterocycles. The Hall–Kier alpha value is -1.36. The van der Waals surface area contributed by atoms with Crippen molar-refractivity contribution in [3.8, 4) is 0 Å². The number of hydrogen-bond acceptors (Lipinski definition) is 3. The second-order valence-corrected chi connectivity index (χ2v) is 4.87. The highest BCUT2D eigenvalue weighted by Crippen LogP contribution is 2.28. The van der Waals surface area contributed by atoms with Crippen molar-refractivity contribution in [1.82, 2.24) is 5.32 Å². The van der Waals surface area contributed by atoms with Gasteiger partial charge in [-0.25, -0.2) is 0 Å². The Morgan fingerprint density at radius 1 is 1.18 bits per heavy atom. The summed E-state index contributed by atoms with van der Waals surface area (Å²) in [5.41, 5.74) is 0. The standard InChI is InChI=1S/C12H17NO4/c14-10-5-8(6-10)11(15)13-9-3-1-2-7(4-9)12(16)17/h1,3,7-10,14H,2,4-6H2,(H,13,15)(H,16,17)/t7-,8?,9-,10?/m0/s1. The molecule has 0 aromatic carbocycles. The minimum Gasteiger partial charge on any atom is -0.481 e. The molecule has 2 aliphatic carbocycles. The summed E-state index contributed by atoms with van der Waals surface area (Å²) in [6, 6.07) is -0.185. The number of carboxylic acid groups (broad SMARTS) is 1. The van der Waals surface area contributed by atoms with Crippen molar-refractivity contribution >= 4 is 11.9 Å². The van der Waals surface area contributed by atoms with Crippen molar-refractivity contribution < 1.29 is 19.8 Å². The Labute approximate surface area is 99.5 Å². The van der Waals surface area contributed by atoms with Gasteiger partial charge in [-0.1, -0.05) is 12.2 Å². The Bertz CT molecular complexity index is 346. The fraction of sp³-hybridized carbons (Fsp3) is 0.667. The molecule has 2 atom stereocenters. The highest BCUT2D eigenvalue weighted by atomic mass is 16.4. The molecule has 0 aromatic rings. The van der Waals surface area contributed by atoms with Gasteiger partial charge in [0.15, 0.2) is 0 Å². The van der Waals surface area contributed by atoms with Gasteiger partial charge >= 0.3 is 5.97 Å². The van der Waals surface area contributed by atoms with E-state index in [9.17, 15) is 9.59 Å². The van der Waals surface area contributed by atoms with Crippen LogP contribution in [-0.4, -0.2) is 34.2 Å². The summed E-state index contributed by atoms with van der Waals surface area (Å²) >= 11 is 0. The van der Waals surface area contributed by atoms with Crippen LogP contribution in [0.15, 0.2) is 12.2 Å². The molecule has 0 heterocycles. The molecule has 1 fully saturated rings. The summed E-state index contributed by atoms with van der Waals surface area (Å²) in [5, 5.41) is 20.9. The molecule has 5 heteroatoms. The van der Waals surface area contributed by atoms with Crippen LogP contribution < -0.4 is 5.32 Å². The van der Waals surface area contributed by atoms with Crippen LogP contribution in [0.4, 0.5) is 0 Å². The first-order valence-electron chi connectivity index (χ1n) is 5.94. The van der Waals surface area contributed by atoms with Gasteiger partial charge in [0.05, 0.1) is 12.0 Å². The number of hydrogen-bond donors (Lipinski definition) is 3. The molecule has 0 aromatic heterocycles. The maximum atomic E-state index is 11.7. The van der Waals surface area contributed by atoms with Crippen molar-refractivity contribution in [3.05, 3.63) is 12.2 Å². The lowest BCUT2D eigenvalue weighted by Crippen LogP contribution is -2.46. The number of carbonyl (C=O) groups excluding carboxylic acids is 1. The van der Waals surface area contributed by atoms with Crippen molar-refractivity contribution in [1.29, 1.82) is 0 Å². The van der Waals surface area contributed by atoms with E-state index in [1.807, 2.05) is 12.2 Å². The van der Waals surface area contributed by atoms with Crippen LogP contribution in [-0.2, 0) is 9.59 Å². The lowest BCUT2D eigenvalue weighted by Gasteiger charge is -2.32. The number of aliphatic carboxylic acids is 1. The summed E-state index contributed by atoms with van der Waals surface area (Å²) in [4.78, 5) is 22.6. The third-order valence-corrected chi connectivity index (χ3v) is 3.49. The van der Waals surface area contributed by atoms with E-state index in [4.69, 9.17) is 10.2 Å². The first-order valence-corrected chi connectivity index (χ1v) is 5.94. The monoisotopic (exact) mass is 239 g/mol. The Balaban J connectivity index is 1.83. The van der Waals surface area contributed by atoms with E-state index in [2.05, 4.69) is 5.32 Å².